The van der Waals surface area contributed by atoms with Gasteiger partial charge in [-0.15, -0.1) is 0 Å². The zero-order chi connectivity index (χ0) is 19.7. The van der Waals surface area contributed by atoms with Crippen LogP contribution < -0.4 is 0 Å². The van der Waals surface area contributed by atoms with Crippen LogP contribution in [0, 0.1) is 0 Å². The van der Waals surface area contributed by atoms with Crippen molar-refractivity contribution in [1.29, 1.82) is 0 Å². The van der Waals surface area contributed by atoms with Crippen molar-refractivity contribution in [3.63, 3.8) is 0 Å². The fraction of sp³-hybridized carbons (Fsp3) is 0.467. The van der Waals surface area contributed by atoms with Crippen LogP contribution in [-0.2, 0) is 20.2 Å². The second-order valence-electron chi connectivity index (χ2n) is 5.46. The molecule has 0 fully saturated rings. The molecule has 0 aliphatic carbocycles. The molecule has 0 radical (unpaired) electrons. The third-order valence-electron chi connectivity index (χ3n) is 3.16. The second kappa shape index (κ2) is 11.3. The predicted molar refractivity (Wildman–Crippen MR) is 99.7 cm³/mol. The van der Waals surface area contributed by atoms with E-state index in [0.717, 1.165) is 11.4 Å². The fourth-order valence-electron chi connectivity index (χ4n) is 1.84. The predicted octanol–water partition coefficient (Wildman–Crippen LogP) is 3.38. The van der Waals surface area contributed by atoms with Gasteiger partial charge in [0.15, 0.2) is 0 Å². The van der Waals surface area contributed by atoms with E-state index >= 15 is 0 Å². The monoisotopic (exact) mass is 431 g/mol. The number of carbonyl (C=O) groups is 2. The summed E-state index contributed by atoms with van der Waals surface area (Å²) in [6.07, 6.45) is 0. The fourth-order valence-corrected chi connectivity index (χ4v) is 1.84. The van der Waals surface area contributed by atoms with Crippen molar-refractivity contribution in [3.05, 3.63) is 23.5 Å². The third kappa shape index (κ3) is 7.61. The Morgan fingerprint density at radius 3 is 1.44 bits per heavy atom. The molecule has 0 saturated carbocycles. The Hall–Kier alpha value is -1.34. The molecule has 142 valence electrons. The Morgan fingerprint density at radius 1 is 0.920 bits per heavy atom. The van der Waals surface area contributed by atoms with Crippen molar-refractivity contribution in [2.45, 2.75) is 13.8 Å². The van der Waals surface area contributed by atoms with Gasteiger partial charge in [0, 0.05) is 35.2 Å². The molecule has 0 bridgehead atoms. The second-order valence-corrected chi connectivity index (χ2v) is 7.29. The number of aliphatic imine (C=N–C) groups is 2. The Kier molecular flexibility index (Phi) is 10.7. The van der Waals surface area contributed by atoms with Gasteiger partial charge in [-0.1, -0.05) is 0 Å². The molecule has 0 aliphatic heterocycles. The standard InChI is InChI=1S/C15H23N5O2.2ClH.Fe/c1-10(16-14(21)18(3)4)12-8-9-13(20(12)7)11(2)17-15(22)19(5)6;;;/h8-9H,1-7H3;2*1H;/q;;;+2/p-2/b16-10+,17-11+;;;. The number of nitrogens with zero attached hydrogens (tertiary/aromatic N) is 5. The van der Waals surface area contributed by atoms with Crippen LogP contribution in [0.25, 0.3) is 0 Å². The van der Waals surface area contributed by atoms with Crippen LogP contribution in [0.2, 0.25) is 0 Å². The summed E-state index contributed by atoms with van der Waals surface area (Å²) in [5.41, 5.74) is 2.83. The van der Waals surface area contributed by atoms with Crippen molar-refractivity contribution in [2.24, 2.45) is 17.0 Å². The summed E-state index contributed by atoms with van der Waals surface area (Å²) in [6.45, 7) is 3.55. The molecular weight excluding hydrogens is 409 g/mol. The summed E-state index contributed by atoms with van der Waals surface area (Å²) in [4.78, 5) is 34.2. The number of hydrogen-bond acceptors (Lipinski definition) is 2. The van der Waals surface area contributed by atoms with Gasteiger partial charge in [0.1, 0.15) is 0 Å². The SMILES string of the molecule is C/C(=N\C(=O)N(C)C)c1ccc(/C(C)=N/C(=O)N(C)C)n1C.[Cl][Fe][Cl]. The van der Waals surface area contributed by atoms with Crippen LogP contribution >= 0.6 is 20.2 Å². The van der Waals surface area contributed by atoms with E-state index in [4.69, 9.17) is 20.2 Å². The van der Waals surface area contributed by atoms with Crippen molar-refractivity contribution in [1.82, 2.24) is 14.4 Å². The molecular formula is C15H23Cl2FeN5O2. The number of rotatable bonds is 2. The van der Waals surface area contributed by atoms with E-state index in [0.29, 0.717) is 11.4 Å². The third-order valence-corrected chi connectivity index (χ3v) is 3.16. The van der Waals surface area contributed by atoms with Crippen LogP contribution in [0.4, 0.5) is 9.59 Å². The summed E-state index contributed by atoms with van der Waals surface area (Å²) < 4.78 is 1.86. The Morgan fingerprint density at radius 2 is 1.20 bits per heavy atom. The quantitative estimate of drug-likeness (QED) is 0.531. The summed E-state index contributed by atoms with van der Waals surface area (Å²) in [5.74, 6) is 0. The van der Waals surface area contributed by atoms with E-state index in [1.807, 2.05) is 23.7 Å². The molecule has 0 atom stereocenters. The first-order valence-corrected chi connectivity index (χ1v) is 10.1. The minimum atomic E-state index is -0.312. The normalized spacial score (nSPS) is 11.7. The number of hydrogen-bond donors (Lipinski definition) is 0. The van der Waals surface area contributed by atoms with Gasteiger partial charge in [0.2, 0.25) is 0 Å². The Balaban J connectivity index is 0.00000178. The molecule has 0 unspecified atom stereocenters. The van der Waals surface area contributed by atoms with Gasteiger partial charge in [0.05, 0.1) is 22.8 Å². The Labute approximate surface area is 163 Å². The first kappa shape index (κ1) is 23.7. The van der Waals surface area contributed by atoms with Gasteiger partial charge < -0.3 is 14.4 Å². The van der Waals surface area contributed by atoms with Gasteiger partial charge in [-0.05, 0) is 26.0 Å². The molecule has 25 heavy (non-hydrogen) atoms. The summed E-state index contributed by atoms with van der Waals surface area (Å²) in [6, 6.07) is 3.09. The van der Waals surface area contributed by atoms with Crippen molar-refractivity contribution in [2.75, 3.05) is 28.2 Å². The van der Waals surface area contributed by atoms with E-state index in [1.165, 1.54) is 9.80 Å². The number of amides is 4. The molecule has 1 rings (SSSR count). The maximum absolute atomic E-state index is 11.7. The molecule has 1 heterocycles. The number of urea groups is 2. The molecule has 1 aromatic heterocycles. The van der Waals surface area contributed by atoms with Crippen molar-refractivity contribution >= 4 is 43.7 Å². The summed E-state index contributed by atoms with van der Waals surface area (Å²) in [7, 11) is 18.0. The molecule has 0 saturated heterocycles. The van der Waals surface area contributed by atoms with Gasteiger partial charge in [-0.3, -0.25) is 0 Å². The maximum atomic E-state index is 11.7. The topological polar surface area (TPSA) is 70.3 Å². The first-order chi connectivity index (χ1) is 11.6. The first-order valence-electron chi connectivity index (χ1n) is 7.11. The molecule has 4 amide bonds. The molecule has 7 nitrogen and oxygen atoms in total. The van der Waals surface area contributed by atoms with Crippen molar-refractivity contribution in [3.8, 4) is 0 Å². The zero-order valence-electron chi connectivity index (χ0n) is 15.3. The number of aromatic nitrogens is 1. The summed E-state index contributed by atoms with van der Waals surface area (Å²) >= 11 is 0.194. The van der Waals surface area contributed by atoms with E-state index in [-0.39, 0.29) is 25.2 Å². The summed E-state index contributed by atoms with van der Waals surface area (Å²) in [5, 5.41) is 0. The van der Waals surface area contributed by atoms with E-state index < -0.39 is 0 Å². The Bertz CT molecular complexity index is 615. The average Bonchev–Trinajstić information content (AvgIpc) is 2.89. The van der Waals surface area contributed by atoms with Crippen LogP contribution in [0.3, 0.4) is 0 Å². The van der Waals surface area contributed by atoms with Gasteiger partial charge in [-0.25, -0.2) is 9.59 Å². The van der Waals surface area contributed by atoms with E-state index in [9.17, 15) is 9.59 Å². The van der Waals surface area contributed by atoms with E-state index in [2.05, 4.69) is 9.98 Å². The molecule has 0 aromatic carbocycles. The van der Waals surface area contributed by atoms with Crippen LogP contribution in [0.1, 0.15) is 25.2 Å². The van der Waals surface area contributed by atoms with E-state index in [1.54, 1.807) is 42.0 Å². The minimum absolute atomic E-state index is 0.194. The van der Waals surface area contributed by atoms with Crippen molar-refractivity contribution < 1.29 is 22.7 Å². The molecule has 1 aromatic rings. The number of halogens is 2. The van der Waals surface area contributed by atoms with Gasteiger partial charge >= 0.3 is 45.4 Å². The van der Waals surface area contributed by atoms with Crippen LogP contribution in [0.15, 0.2) is 22.1 Å². The molecule has 0 aliphatic rings. The molecule has 10 heteroatoms. The molecule has 0 spiro atoms. The zero-order valence-corrected chi connectivity index (χ0v) is 17.9. The average molecular weight is 432 g/mol. The number of carbonyl (C=O) groups excluding carboxylic acids is 2. The molecule has 0 N–H and O–H groups in total. The van der Waals surface area contributed by atoms with Gasteiger partial charge in [0.25, 0.3) is 0 Å². The van der Waals surface area contributed by atoms with Gasteiger partial charge in [-0.2, -0.15) is 9.98 Å². The van der Waals surface area contributed by atoms with Crippen LogP contribution in [0.5, 0.6) is 0 Å². The van der Waals surface area contributed by atoms with Crippen LogP contribution in [-0.4, -0.2) is 66.0 Å².